The number of aromatic nitrogens is 1. The second-order valence-corrected chi connectivity index (χ2v) is 6.18. The van der Waals surface area contributed by atoms with Crippen LogP contribution >= 0.6 is 0 Å². The predicted molar refractivity (Wildman–Crippen MR) is 117 cm³/mol. The van der Waals surface area contributed by atoms with Gasteiger partial charge in [-0.05, 0) is 31.2 Å². The lowest BCUT2D eigenvalue weighted by atomic mass is 10.1. The summed E-state index contributed by atoms with van der Waals surface area (Å²) in [4.78, 5) is 26.4. The van der Waals surface area contributed by atoms with Crippen LogP contribution in [-0.2, 0) is 32.5 Å². The normalized spacial score (nSPS) is 11.5. The van der Waals surface area contributed by atoms with Crippen molar-refractivity contribution in [1.29, 1.82) is 0 Å². The number of likely N-dealkylation sites (tertiary alicyclic amines) is 1. The Morgan fingerprint density at radius 3 is 2.07 bits per heavy atom. The van der Waals surface area contributed by atoms with Gasteiger partial charge < -0.3 is 18.9 Å². The van der Waals surface area contributed by atoms with E-state index in [1.165, 1.54) is 20.0 Å². The zero-order valence-corrected chi connectivity index (χ0v) is 17.9. The summed E-state index contributed by atoms with van der Waals surface area (Å²) in [5, 5.41) is 0. The van der Waals surface area contributed by atoms with Crippen molar-refractivity contribution in [3.63, 3.8) is 0 Å². The van der Waals surface area contributed by atoms with Gasteiger partial charge in [-0.2, -0.15) is 0 Å². The number of amides is 1. The average molecular weight is 404 g/mol. The number of aliphatic imine (C=N–C) groups is 1. The zero-order valence-electron chi connectivity index (χ0n) is 17.9. The number of nitrogens with zero attached hydrogens (tertiary/aromatic N) is 3. The van der Waals surface area contributed by atoms with E-state index in [1.807, 2.05) is 65.3 Å². The van der Waals surface area contributed by atoms with E-state index in [4.69, 9.17) is 4.79 Å². The topological polar surface area (TPSA) is 73.1 Å². The number of aryl methyl sites for hydroxylation is 1. The summed E-state index contributed by atoms with van der Waals surface area (Å²) >= 11 is 0. The molecule has 7 heteroatoms. The van der Waals surface area contributed by atoms with Crippen LogP contribution in [0, 0.1) is 0 Å². The van der Waals surface area contributed by atoms with Crippen molar-refractivity contribution < 1.29 is 19.1 Å². The molecule has 160 valence electrons. The minimum Gasteiger partial charge on any atom is -0.471 e. The molecule has 0 aliphatic carbocycles. The van der Waals surface area contributed by atoms with Crippen molar-refractivity contribution in [3.05, 3.63) is 54.4 Å². The van der Waals surface area contributed by atoms with Crippen LogP contribution < -0.4 is 0 Å². The highest BCUT2D eigenvalue weighted by atomic mass is 16.5. The first-order valence-electron chi connectivity index (χ1n) is 9.29. The summed E-state index contributed by atoms with van der Waals surface area (Å²) in [5.41, 5.74) is 2.04. The van der Waals surface area contributed by atoms with E-state index in [0.717, 1.165) is 24.3 Å². The van der Waals surface area contributed by atoms with Crippen LogP contribution in [0.3, 0.4) is 0 Å². The lowest BCUT2D eigenvalue weighted by Crippen LogP contribution is -2.28. The number of hydrogen-bond acceptors (Lipinski definition) is 5. The van der Waals surface area contributed by atoms with Crippen molar-refractivity contribution in [2.45, 2.75) is 19.3 Å². The maximum absolute atomic E-state index is 11.7. The second kappa shape index (κ2) is 17.2. The Kier molecular flexibility index (Phi) is 15.5. The number of benzene rings is 1. The van der Waals surface area contributed by atoms with E-state index in [9.17, 15) is 4.79 Å². The third-order valence-corrected chi connectivity index (χ3v) is 3.75. The quantitative estimate of drug-likeness (QED) is 0.580. The molecule has 1 aromatic heterocycles. The molecule has 2 aromatic rings. The predicted octanol–water partition coefficient (Wildman–Crippen LogP) is 3.26. The molecule has 29 heavy (non-hydrogen) atoms. The molecular weight excluding hydrogens is 370 g/mol. The van der Waals surface area contributed by atoms with Crippen molar-refractivity contribution in [2.75, 3.05) is 34.4 Å². The molecule has 2 heterocycles. The first-order chi connectivity index (χ1) is 14.0. The van der Waals surface area contributed by atoms with E-state index in [2.05, 4.69) is 21.2 Å². The van der Waals surface area contributed by atoms with Gasteiger partial charge in [-0.1, -0.05) is 30.3 Å². The smallest absolute Gasteiger partial charge is 0.292 e. The standard InChI is InChI=1S/C12H15NO.C6H8N2.C2H4O2.C2H6O/c14-12(13-8-4-5-9-13)10-11-6-2-1-3-7-11;1-7-6-3-4-8(2)5-6;1-4-2-3;1-3-2/h1-3,6-7H,4-5,8-10H2;3-5H,1H2,2H3;2H,1H3;1-2H3. The highest BCUT2D eigenvalue weighted by Crippen LogP contribution is 2.10. The van der Waals surface area contributed by atoms with Gasteiger partial charge in [0.05, 0.1) is 19.2 Å². The molecule has 1 fully saturated rings. The van der Waals surface area contributed by atoms with Gasteiger partial charge in [-0.25, -0.2) is 0 Å². The molecule has 0 saturated carbocycles. The number of rotatable bonds is 4. The molecular formula is C22H33N3O4. The van der Waals surface area contributed by atoms with Gasteiger partial charge in [0.15, 0.2) is 0 Å². The largest absolute Gasteiger partial charge is 0.471 e. The zero-order chi connectivity index (χ0) is 21.9. The molecule has 0 unspecified atom stereocenters. The molecule has 0 bridgehead atoms. The SMILES string of the molecule is C=Nc1ccn(C)c1.COC.COC=O.O=C(Cc1ccccc1)N1CCCC1. The highest BCUT2D eigenvalue weighted by molar-refractivity contribution is 5.78. The fraction of sp³-hybridized carbons (Fsp3) is 0.409. The van der Waals surface area contributed by atoms with Gasteiger partial charge in [0.2, 0.25) is 5.91 Å². The Hall–Kier alpha value is -2.93. The lowest BCUT2D eigenvalue weighted by molar-refractivity contribution is -0.129. The van der Waals surface area contributed by atoms with Gasteiger partial charge >= 0.3 is 0 Å². The second-order valence-electron chi connectivity index (χ2n) is 6.18. The average Bonchev–Trinajstić information content (AvgIpc) is 3.42. The first-order valence-corrected chi connectivity index (χ1v) is 9.29. The van der Waals surface area contributed by atoms with Crippen LogP contribution in [0.2, 0.25) is 0 Å². The maximum Gasteiger partial charge on any atom is 0.292 e. The van der Waals surface area contributed by atoms with Gasteiger partial charge in [0.25, 0.3) is 6.47 Å². The van der Waals surface area contributed by atoms with Gasteiger partial charge in [0, 0.05) is 46.8 Å². The van der Waals surface area contributed by atoms with Gasteiger partial charge in [-0.15, -0.1) is 0 Å². The number of ether oxygens (including phenoxy) is 2. The Bertz CT molecular complexity index is 680. The van der Waals surface area contributed by atoms with E-state index in [-0.39, 0.29) is 5.91 Å². The molecule has 1 amide bonds. The lowest BCUT2D eigenvalue weighted by Gasteiger charge is -2.14. The van der Waals surface area contributed by atoms with Gasteiger partial charge in [-0.3, -0.25) is 14.6 Å². The number of hydrogen-bond donors (Lipinski definition) is 0. The third-order valence-electron chi connectivity index (χ3n) is 3.75. The molecule has 0 N–H and O–H groups in total. The third kappa shape index (κ3) is 13.0. The summed E-state index contributed by atoms with van der Waals surface area (Å²) in [5.74, 6) is 0.272. The Balaban J connectivity index is 0.000000442. The van der Waals surface area contributed by atoms with Crippen LogP contribution in [0.5, 0.6) is 0 Å². The first kappa shape index (κ1) is 26.1. The molecule has 1 aliphatic heterocycles. The van der Waals surface area contributed by atoms with Crippen LogP contribution in [0.1, 0.15) is 18.4 Å². The molecule has 3 rings (SSSR count). The van der Waals surface area contributed by atoms with Crippen molar-refractivity contribution in [3.8, 4) is 0 Å². The molecule has 1 aliphatic rings. The monoisotopic (exact) mass is 403 g/mol. The van der Waals surface area contributed by atoms with Gasteiger partial charge in [0.1, 0.15) is 0 Å². The summed E-state index contributed by atoms with van der Waals surface area (Å²) in [6, 6.07) is 11.9. The van der Waals surface area contributed by atoms with E-state index >= 15 is 0 Å². The van der Waals surface area contributed by atoms with Crippen molar-refractivity contribution >= 4 is 24.8 Å². The minimum atomic E-state index is 0.272. The molecule has 0 atom stereocenters. The Labute approximate surface area is 174 Å². The van der Waals surface area contributed by atoms with Crippen LogP contribution in [-0.4, -0.2) is 63.0 Å². The minimum absolute atomic E-state index is 0.272. The highest BCUT2D eigenvalue weighted by Gasteiger charge is 2.17. The van der Waals surface area contributed by atoms with Crippen LogP contribution in [0.15, 0.2) is 53.8 Å². The molecule has 0 spiro atoms. The molecule has 1 aromatic carbocycles. The molecule has 0 radical (unpaired) electrons. The van der Waals surface area contributed by atoms with Crippen molar-refractivity contribution in [2.24, 2.45) is 12.0 Å². The summed E-state index contributed by atoms with van der Waals surface area (Å²) in [6.07, 6.45) is 6.74. The molecule has 1 saturated heterocycles. The van der Waals surface area contributed by atoms with E-state index in [1.54, 1.807) is 14.2 Å². The Morgan fingerprint density at radius 2 is 1.69 bits per heavy atom. The number of carbonyl (C=O) groups excluding carboxylic acids is 2. The summed E-state index contributed by atoms with van der Waals surface area (Å²) < 4.78 is 10.0. The number of methoxy groups -OCH3 is 2. The Morgan fingerprint density at radius 1 is 1.14 bits per heavy atom. The van der Waals surface area contributed by atoms with Crippen LogP contribution in [0.4, 0.5) is 5.69 Å². The fourth-order valence-electron chi connectivity index (χ4n) is 2.43. The number of carbonyl (C=O) groups is 2. The van der Waals surface area contributed by atoms with E-state index in [0.29, 0.717) is 12.9 Å². The molecule has 7 nitrogen and oxygen atoms in total. The summed E-state index contributed by atoms with van der Waals surface area (Å²) in [7, 11) is 6.52. The van der Waals surface area contributed by atoms with E-state index < -0.39 is 0 Å². The summed E-state index contributed by atoms with van der Waals surface area (Å²) in [6.45, 7) is 5.66. The van der Waals surface area contributed by atoms with Crippen molar-refractivity contribution in [1.82, 2.24) is 9.47 Å². The maximum atomic E-state index is 11.7. The van der Waals surface area contributed by atoms with Crippen LogP contribution in [0.25, 0.3) is 0 Å². The fourth-order valence-corrected chi connectivity index (χ4v) is 2.43.